The number of hydrogen-bond donors (Lipinski definition) is 2. The number of carbonyl (C=O) groups excluding carboxylic acids is 1. The molecular weight excluding hydrogens is 241 g/mol. The Hall–Kier alpha value is -1.23. The summed E-state index contributed by atoms with van der Waals surface area (Å²) in [6, 6.07) is 3.32. The van der Waals surface area contributed by atoms with Crippen molar-refractivity contribution < 1.29 is 14.3 Å². The molecule has 0 saturated carbocycles. The molecule has 0 saturated heterocycles. The number of halogens is 1. The van der Waals surface area contributed by atoms with Gasteiger partial charge in [-0.25, -0.2) is 4.39 Å². The summed E-state index contributed by atoms with van der Waals surface area (Å²) in [5.41, 5.74) is -0.0261. The van der Waals surface area contributed by atoms with Crippen molar-refractivity contribution in [1.82, 2.24) is 5.32 Å². The van der Waals surface area contributed by atoms with E-state index in [-0.39, 0.29) is 11.3 Å². The lowest BCUT2D eigenvalue weighted by Crippen LogP contribution is -2.26. The minimum absolute atomic E-state index is 0.0261. The van der Waals surface area contributed by atoms with Crippen LogP contribution in [0.5, 0.6) is 5.75 Å². The fraction of sp³-hybridized carbons (Fsp3) is 0.417. The van der Waals surface area contributed by atoms with E-state index >= 15 is 0 Å². The summed E-state index contributed by atoms with van der Waals surface area (Å²) in [4.78, 5) is 11.6. The van der Waals surface area contributed by atoms with Crippen molar-refractivity contribution in [3.63, 3.8) is 0 Å². The Balaban J connectivity index is 2.55. The van der Waals surface area contributed by atoms with Crippen LogP contribution < -0.4 is 5.32 Å². The molecule has 17 heavy (non-hydrogen) atoms. The Labute approximate surface area is 104 Å². The molecule has 94 valence electrons. The van der Waals surface area contributed by atoms with Gasteiger partial charge in [-0.15, -0.1) is 0 Å². The van der Waals surface area contributed by atoms with E-state index in [9.17, 15) is 14.3 Å². The summed E-state index contributed by atoms with van der Waals surface area (Å²) in [6.07, 6.45) is 2.84. The Morgan fingerprint density at radius 1 is 1.59 bits per heavy atom. The number of benzene rings is 1. The molecule has 0 heterocycles. The zero-order chi connectivity index (χ0) is 12.8. The standard InChI is InChI=1S/C12H16FNO2S/c1-8(17-2)5-6-14-12(16)10-7-9(13)3-4-11(10)15/h3-4,7-8,15H,5-6H2,1-2H3,(H,14,16). The van der Waals surface area contributed by atoms with Gasteiger partial charge in [0.15, 0.2) is 0 Å². The number of aromatic hydroxyl groups is 1. The van der Waals surface area contributed by atoms with Crippen LogP contribution in [0.1, 0.15) is 23.7 Å². The molecule has 3 nitrogen and oxygen atoms in total. The first-order valence-electron chi connectivity index (χ1n) is 5.34. The SMILES string of the molecule is CSC(C)CCNC(=O)c1cc(F)ccc1O. The lowest BCUT2D eigenvalue weighted by Gasteiger charge is -2.10. The highest BCUT2D eigenvalue weighted by Crippen LogP contribution is 2.17. The van der Waals surface area contributed by atoms with Crippen molar-refractivity contribution in [3.05, 3.63) is 29.6 Å². The summed E-state index contributed by atoms with van der Waals surface area (Å²) in [5, 5.41) is 12.5. The largest absolute Gasteiger partial charge is 0.507 e. The van der Waals surface area contributed by atoms with Crippen LogP contribution in [-0.4, -0.2) is 29.1 Å². The van der Waals surface area contributed by atoms with E-state index in [2.05, 4.69) is 12.2 Å². The van der Waals surface area contributed by atoms with Gasteiger partial charge in [-0.2, -0.15) is 11.8 Å². The van der Waals surface area contributed by atoms with Crippen LogP contribution in [0.25, 0.3) is 0 Å². The molecule has 0 aliphatic heterocycles. The zero-order valence-electron chi connectivity index (χ0n) is 9.87. The fourth-order valence-corrected chi connectivity index (χ4v) is 1.65. The number of rotatable bonds is 5. The maximum absolute atomic E-state index is 12.9. The van der Waals surface area contributed by atoms with Gasteiger partial charge in [0.05, 0.1) is 5.56 Å². The van der Waals surface area contributed by atoms with Gasteiger partial charge >= 0.3 is 0 Å². The van der Waals surface area contributed by atoms with Crippen LogP contribution in [0.4, 0.5) is 4.39 Å². The summed E-state index contributed by atoms with van der Waals surface area (Å²) in [7, 11) is 0. The van der Waals surface area contributed by atoms with E-state index in [0.717, 1.165) is 18.6 Å². The summed E-state index contributed by atoms with van der Waals surface area (Å²) < 4.78 is 12.9. The Kier molecular flexibility index (Phi) is 5.28. The smallest absolute Gasteiger partial charge is 0.255 e. The molecule has 1 rings (SSSR count). The third kappa shape index (κ3) is 4.26. The second-order valence-electron chi connectivity index (χ2n) is 3.75. The first-order chi connectivity index (χ1) is 8.04. The summed E-state index contributed by atoms with van der Waals surface area (Å²) in [5.74, 6) is -1.19. The first kappa shape index (κ1) is 13.8. The average molecular weight is 257 g/mol. The predicted molar refractivity (Wildman–Crippen MR) is 68.0 cm³/mol. The highest BCUT2D eigenvalue weighted by atomic mass is 32.2. The van der Waals surface area contributed by atoms with E-state index in [1.807, 2.05) is 6.26 Å². The van der Waals surface area contributed by atoms with Crippen molar-refractivity contribution in [3.8, 4) is 5.75 Å². The van der Waals surface area contributed by atoms with Crippen molar-refractivity contribution in [2.24, 2.45) is 0 Å². The van der Waals surface area contributed by atoms with Crippen LogP contribution in [0.2, 0.25) is 0 Å². The molecule has 0 aliphatic carbocycles. The molecular formula is C12H16FNO2S. The first-order valence-corrected chi connectivity index (χ1v) is 6.63. The van der Waals surface area contributed by atoms with Crippen molar-refractivity contribution in [2.45, 2.75) is 18.6 Å². The van der Waals surface area contributed by atoms with Gasteiger partial charge in [0.25, 0.3) is 5.91 Å². The van der Waals surface area contributed by atoms with Crippen molar-refractivity contribution in [2.75, 3.05) is 12.8 Å². The van der Waals surface area contributed by atoms with E-state index in [1.165, 1.54) is 6.07 Å². The number of phenols is 1. The van der Waals surface area contributed by atoms with Crippen LogP contribution in [0, 0.1) is 5.82 Å². The molecule has 1 aromatic carbocycles. The average Bonchev–Trinajstić information content (AvgIpc) is 2.31. The molecule has 1 atom stereocenters. The van der Waals surface area contributed by atoms with Crippen LogP contribution in [0.15, 0.2) is 18.2 Å². The van der Waals surface area contributed by atoms with Gasteiger partial charge in [-0.05, 0) is 30.9 Å². The van der Waals surface area contributed by atoms with E-state index in [4.69, 9.17) is 0 Å². The Morgan fingerprint density at radius 2 is 2.29 bits per heavy atom. The van der Waals surface area contributed by atoms with Gasteiger partial charge in [-0.3, -0.25) is 4.79 Å². The number of amides is 1. The van der Waals surface area contributed by atoms with Gasteiger partial charge in [0.2, 0.25) is 0 Å². The molecule has 1 amide bonds. The second kappa shape index (κ2) is 6.49. The van der Waals surface area contributed by atoms with E-state index in [0.29, 0.717) is 11.8 Å². The van der Waals surface area contributed by atoms with Crippen molar-refractivity contribution >= 4 is 17.7 Å². The predicted octanol–water partition coefficient (Wildman–Crippen LogP) is 2.40. The minimum Gasteiger partial charge on any atom is -0.507 e. The molecule has 0 radical (unpaired) electrons. The summed E-state index contributed by atoms with van der Waals surface area (Å²) >= 11 is 1.72. The molecule has 0 spiro atoms. The van der Waals surface area contributed by atoms with Crippen LogP contribution in [0.3, 0.4) is 0 Å². The van der Waals surface area contributed by atoms with Crippen molar-refractivity contribution in [1.29, 1.82) is 0 Å². The zero-order valence-corrected chi connectivity index (χ0v) is 10.7. The molecule has 5 heteroatoms. The molecule has 0 fully saturated rings. The highest BCUT2D eigenvalue weighted by molar-refractivity contribution is 7.99. The van der Waals surface area contributed by atoms with Crippen LogP contribution >= 0.6 is 11.8 Å². The van der Waals surface area contributed by atoms with Gasteiger partial charge in [0, 0.05) is 11.8 Å². The number of phenolic OH excluding ortho intramolecular Hbond substituents is 1. The number of thioether (sulfide) groups is 1. The van der Waals surface area contributed by atoms with Gasteiger partial charge < -0.3 is 10.4 Å². The lowest BCUT2D eigenvalue weighted by atomic mass is 10.2. The highest BCUT2D eigenvalue weighted by Gasteiger charge is 2.11. The number of hydrogen-bond acceptors (Lipinski definition) is 3. The van der Waals surface area contributed by atoms with Gasteiger partial charge in [0.1, 0.15) is 11.6 Å². The molecule has 0 bridgehead atoms. The third-order valence-corrected chi connectivity index (χ3v) is 3.48. The van der Waals surface area contributed by atoms with E-state index in [1.54, 1.807) is 11.8 Å². The van der Waals surface area contributed by atoms with E-state index < -0.39 is 11.7 Å². The maximum Gasteiger partial charge on any atom is 0.255 e. The minimum atomic E-state index is -0.537. The number of carbonyl (C=O) groups is 1. The fourth-order valence-electron chi connectivity index (χ4n) is 1.29. The molecule has 1 aromatic rings. The molecule has 2 N–H and O–H groups in total. The Bertz CT molecular complexity index is 398. The lowest BCUT2D eigenvalue weighted by molar-refractivity contribution is 0.0950. The number of nitrogens with one attached hydrogen (secondary N) is 1. The third-order valence-electron chi connectivity index (χ3n) is 2.44. The molecule has 1 unspecified atom stereocenters. The summed E-state index contributed by atoms with van der Waals surface area (Å²) in [6.45, 7) is 2.58. The monoisotopic (exact) mass is 257 g/mol. The normalized spacial score (nSPS) is 12.2. The second-order valence-corrected chi connectivity index (χ2v) is 5.03. The Morgan fingerprint density at radius 3 is 2.94 bits per heavy atom. The molecule has 0 aromatic heterocycles. The maximum atomic E-state index is 12.9. The topological polar surface area (TPSA) is 49.3 Å². The van der Waals surface area contributed by atoms with Gasteiger partial charge in [-0.1, -0.05) is 6.92 Å². The quantitative estimate of drug-likeness (QED) is 0.851. The molecule has 0 aliphatic rings. The van der Waals surface area contributed by atoms with Crippen LogP contribution in [-0.2, 0) is 0 Å².